The number of phosphoric ester groups is 1. The van der Waals surface area contributed by atoms with Crippen molar-refractivity contribution in [2.24, 2.45) is 0 Å². The fourth-order valence-corrected chi connectivity index (χ4v) is 7.82. The highest BCUT2D eigenvalue weighted by molar-refractivity contribution is 7.46. The van der Waals surface area contributed by atoms with E-state index in [9.17, 15) is 32.5 Å². The van der Waals surface area contributed by atoms with Crippen molar-refractivity contribution in [2.45, 2.75) is 77.1 Å². The summed E-state index contributed by atoms with van der Waals surface area (Å²) in [6.07, 6.45) is 3.60. The van der Waals surface area contributed by atoms with Crippen molar-refractivity contribution in [3.8, 4) is 5.75 Å². The molecule has 0 aliphatic carbocycles. The highest BCUT2D eigenvalue weighted by atomic mass is 31.2. The minimum atomic E-state index is -5.10. The van der Waals surface area contributed by atoms with Gasteiger partial charge in [-0.1, -0.05) is 56.3 Å². The predicted octanol–water partition coefficient (Wildman–Crippen LogP) is 7.21. The number of unbranched alkanes of at least 4 members (excludes halogenated alkanes) is 1. The second kappa shape index (κ2) is 18.5. The smallest absolute Gasteiger partial charge is 0.481 e. The Balaban J connectivity index is 1.21. The number of nitrogens with one attached hydrogen (secondary N) is 3. The number of benzene rings is 3. The molecule has 0 aromatic heterocycles. The number of carboxylic acid groups (broad SMARTS) is 1. The Kier molecular flexibility index (Phi) is 13.9. The highest BCUT2D eigenvalue weighted by Gasteiger charge is 2.45. The average molecular weight is 837 g/mol. The number of halogens is 2. The first-order valence-electron chi connectivity index (χ1n) is 19.1. The molecule has 0 saturated heterocycles. The van der Waals surface area contributed by atoms with Gasteiger partial charge in [-0.25, -0.2) is 18.1 Å². The van der Waals surface area contributed by atoms with Gasteiger partial charge in [0.25, 0.3) is 6.43 Å². The number of hydrogen-bond acceptors (Lipinski definition) is 6. The van der Waals surface area contributed by atoms with Crippen LogP contribution in [-0.2, 0) is 29.8 Å². The molecule has 5 rings (SSSR count). The molecule has 6 N–H and O–H groups in total. The molecule has 0 unspecified atom stereocenters. The summed E-state index contributed by atoms with van der Waals surface area (Å²) < 4.78 is 44.6. The molecular formula is C42H49F2N5O9P+. The number of nitrogens with zero attached hydrogens (tertiary/aromatic N) is 2. The number of alkyl halides is 2. The number of aliphatic carboxylic acids is 1. The number of phosphoric acid groups is 1. The molecule has 14 nitrogen and oxygen atoms in total. The Morgan fingerprint density at radius 2 is 1.53 bits per heavy atom. The van der Waals surface area contributed by atoms with Crippen LogP contribution in [-0.4, -0.2) is 68.6 Å². The van der Waals surface area contributed by atoms with Gasteiger partial charge in [0.1, 0.15) is 12.3 Å². The van der Waals surface area contributed by atoms with Gasteiger partial charge < -0.3 is 25.6 Å². The number of amides is 4. The number of hydrogen-bond donors (Lipinski definition) is 6. The average Bonchev–Trinajstić information content (AvgIpc) is 3.52. The first kappa shape index (κ1) is 44.4. The standard InChI is InChI=1S/C42H48F2N5O9P/c1-41(2)29-12-5-7-14-31(29)48(25-10-9-18-38(52)53)34(41)16-11-17-35-42(3,4)30-13-6-8-15-32(30)49(35)40(54)46-24-23-45-36(50)21-22-37(51)47-27-19-20-33(58-59(55,56)57)28(26-27)39(43)44/h5-8,11-17,19-20,26,39H,9-10,18,21-25H2,1-4H3,(H5-,45,46,47,50,51,52,53,54,55,56,57)/p+1. The zero-order valence-electron chi connectivity index (χ0n) is 33.2. The molecule has 2 heterocycles. The van der Waals surface area contributed by atoms with E-state index in [2.05, 4.69) is 57.1 Å². The first-order chi connectivity index (χ1) is 27.8. The maximum atomic E-state index is 13.8. The van der Waals surface area contributed by atoms with Crippen LogP contribution in [0.5, 0.6) is 5.75 Å². The summed E-state index contributed by atoms with van der Waals surface area (Å²) in [5.41, 5.74) is 3.90. The Morgan fingerprint density at radius 1 is 0.864 bits per heavy atom. The van der Waals surface area contributed by atoms with Crippen molar-refractivity contribution in [1.82, 2.24) is 10.6 Å². The van der Waals surface area contributed by atoms with Crippen molar-refractivity contribution in [3.05, 3.63) is 107 Å². The maximum absolute atomic E-state index is 13.8. The van der Waals surface area contributed by atoms with E-state index in [0.29, 0.717) is 19.4 Å². The fourth-order valence-electron chi connectivity index (χ4n) is 7.40. The molecular weight excluding hydrogens is 787 g/mol. The highest BCUT2D eigenvalue weighted by Crippen LogP contribution is 2.48. The number of carboxylic acids is 1. The van der Waals surface area contributed by atoms with E-state index >= 15 is 0 Å². The molecule has 2 aliphatic rings. The van der Waals surface area contributed by atoms with Crippen LogP contribution in [0, 0.1) is 0 Å². The summed E-state index contributed by atoms with van der Waals surface area (Å²) in [6, 6.07) is 18.3. The summed E-state index contributed by atoms with van der Waals surface area (Å²) in [5.74, 6) is -2.70. The minimum Gasteiger partial charge on any atom is -0.481 e. The number of anilines is 2. The molecule has 0 radical (unpaired) electrons. The molecule has 0 atom stereocenters. The fraction of sp³-hybridized carbons (Fsp3) is 0.357. The second-order valence-corrected chi connectivity index (χ2v) is 16.3. The van der Waals surface area contributed by atoms with Gasteiger partial charge in [-0.15, -0.1) is 0 Å². The monoisotopic (exact) mass is 836 g/mol. The molecule has 3 aromatic carbocycles. The Labute approximate surface area is 340 Å². The second-order valence-electron chi connectivity index (χ2n) is 15.2. The van der Waals surface area contributed by atoms with E-state index in [-0.39, 0.29) is 43.5 Å². The summed E-state index contributed by atoms with van der Waals surface area (Å²) in [4.78, 5) is 69.6. The van der Waals surface area contributed by atoms with Crippen LogP contribution in [0.15, 0.2) is 90.7 Å². The largest absolute Gasteiger partial charge is 0.524 e. The molecule has 0 bridgehead atoms. The normalized spacial score (nSPS) is 16.0. The molecule has 59 heavy (non-hydrogen) atoms. The molecule has 4 amide bonds. The Hall–Kier alpha value is -5.70. The molecule has 17 heteroatoms. The van der Waals surface area contributed by atoms with Crippen molar-refractivity contribution in [2.75, 3.05) is 29.9 Å². The molecule has 0 saturated carbocycles. The Bertz CT molecular complexity index is 2250. The maximum Gasteiger partial charge on any atom is 0.524 e. The zero-order valence-corrected chi connectivity index (χ0v) is 34.1. The lowest BCUT2D eigenvalue weighted by molar-refractivity contribution is -0.438. The first-order valence-corrected chi connectivity index (χ1v) is 20.6. The molecule has 0 spiro atoms. The van der Waals surface area contributed by atoms with Crippen LogP contribution in [0.4, 0.5) is 30.6 Å². The predicted molar refractivity (Wildman–Crippen MR) is 218 cm³/mol. The van der Waals surface area contributed by atoms with Crippen LogP contribution in [0.1, 0.15) is 82.9 Å². The van der Waals surface area contributed by atoms with Crippen LogP contribution in [0.3, 0.4) is 0 Å². The molecule has 0 fully saturated rings. The van der Waals surface area contributed by atoms with Crippen LogP contribution in [0.2, 0.25) is 0 Å². The van der Waals surface area contributed by atoms with Crippen LogP contribution < -0.4 is 25.4 Å². The number of carbonyl (C=O) groups is 4. The molecule has 2 aliphatic heterocycles. The van der Waals surface area contributed by atoms with Gasteiger partial charge in [-0.3, -0.25) is 29.1 Å². The number of urea groups is 1. The van der Waals surface area contributed by atoms with E-state index in [1.807, 2.05) is 62.4 Å². The number of carbonyl (C=O) groups excluding carboxylic acids is 3. The summed E-state index contributed by atoms with van der Waals surface area (Å²) in [7, 11) is -5.10. The SMILES string of the molecule is CC1(C)C(/C=C/C=C2/N(C(=O)NCCNC(=O)CCC(=O)Nc3ccc(OP(=O)(O)O)c(C(F)F)c3)c3ccccc3C2(C)C)=[N+](CCCCC(=O)O)c2ccccc21. The van der Waals surface area contributed by atoms with E-state index in [1.54, 1.807) is 4.90 Å². The third kappa shape index (κ3) is 10.7. The van der Waals surface area contributed by atoms with E-state index in [1.165, 1.54) is 5.56 Å². The van der Waals surface area contributed by atoms with Crippen molar-refractivity contribution >= 4 is 54.4 Å². The summed E-state index contributed by atoms with van der Waals surface area (Å²) in [6.45, 7) is 9.17. The van der Waals surface area contributed by atoms with Crippen molar-refractivity contribution in [3.63, 3.8) is 0 Å². The third-order valence-corrected chi connectivity index (χ3v) is 10.7. The van der Waals surface area contributed by atoms with Gasteiger partial charge in [0, 0.05) is 73.3 Å². The topological polar surface area (TPSA) is 198 Å². The van der Waals surface area contributed by atoms with E-state index in [0.717, 1.165) is 46.5 Å². The van der Waals surface area contributed by atoms with Crippen molar-refractivity contribution in [1.29, 1.82) is 0 Å². The lowest BCUT2D eigenvalue weighted by atomic mass is 9.81. The van der Waals surface area contributed by atoms with E-state index in [4.69, 9.17) is 14.9 Å². The van der Waals surface area contributed by atoms with Crippen LogP contribution in [0.25, 0.3) is 0 Å². The van der Waals surface area contributed by atoms with Gasteiger partial charge >= 0.3 is 19.8 Å². The van der Waals surface area contributed by atoms with Gasteiger partial charge in [0.05, 0.1) is 16.7 Å². The molecule has 3 aromatic rings. The van der Waals surface area contributed by atoms with Crippen molar-refractivity contribution < 1.29 is 56.5 Å². The number of allylic oxidation sites excluding steroid dienone is 4. The third-order valence-electron chi connectivity index (χ3n) is 10.3. The number of para-hydroxylation sites is 2. The lowest BCUT2D eigenvalue weighted by Gasteiger charge is -2.25. The lowest BCUT2D eigenvalue weighted by Crippen LogP contribution is -2.43. The van der Waals surface area contributed by atoms with Gasteiger partial charge in [0.2, 0.25) is 17.5 Å². The number of fused-ring (bicyclic) bond motifs is 2. The zero-order chi connectivity index (χ0) is 43.1. The Morgan fingerprint density at radius 3 is 2.22 bits per heavy atom. The van der Waals surface area contributed by atoms with Gasteiger partial charge in [-0.2, -0.15) is 4.58 Å². The minimum absolute atomic E-state index is 0.0546. The number of rotatable bonds is 17. The van der Waals surface area contributed by atoms with Gasteiger partial charge in [0.15, 0.2) is 5.71 Å². The van der Waals surface area contributed by atoms with Crippen LogP contribution >= 0.6 is 7.82 Å². The summed E-state index contributed by atoms with van der Waals surface area (Å²) >= 11 is 0. The summed E-state index contributed by atoms with van der Waals surface area (Å²) in [5, 5.41) is 17.1. The quantitative estimate of drug-likeness (QED) is 0.0462. The van der Waals surface area contributed by atoms with Gasteiger partial charge in [-0.05, 0) is 56.2 Å². The van der Waals surface area contributed by atoms with E-state index < -0.39 is 54.8 Å². The molecule has 314 valence electrons.